The van der Waals surface area contributed by atoms with Gasteiger partial charge in [0.25, 0.3) is 0 Å². The van der Waals surface area contributed by atoms with Crippen LogP contribution < -0.4 is 0 Å². The zero-order valence-corrected chi connectivity index (χ0v) is 7.62. The third-order valence-electron chi connectivity index (χ3n) is 2.92. The summed E-state index contributed by atoms with van der Waals surface area (Å²) in [6, 6.07) is 0. The number of hydrogen-bond acceptors (Lipinski definition) is 5. The fourth-order valence-electron chi connectivity index (χ4n) is 1.64. The number of hydrogen-bond donors (Lipinski definition) is 5. The molecule has 5 heteroatoms. The third kappa shape index (κ3) is 1.78. The first-order valence-electron chi connectivity index (χ1n) is 4.24. The first-order chi connectivity index (χ1) is 5.80. The van der Waals surface area contributed by atoms with Crippen molar-refractivity contribution in [1.29, 1.82) is 0 Å². The highest BCUT2D eigenvalue weighted by molar-refractivity contribution is 5.04. The molecule has 0 radical (unpaired) electrons. The van der Waals surface area contributed by atoms with Gasteiger partial charge in [-0.15, -0.1) is 0 Å². The highest BCUT2D eigenvalue weighted by atomic mass is 16.4. The molecule has 0 saturated heterocycles. The average molecular weight is 208 g/mol. The Morgan fingerprint density at radius 1 is 0.929 bits per heavy atom. The molecular formula is C9H20O5. The second kappa shape index (κ2) is 4.12. The van der Waals surface area contributed by atoms with Crippen LogP contribution in [0.1, 0.15) is 21.3 Å². The summed E-state index contributed by atoms with van der Waals surface area (Å²) in [6.07, 6.45) is -5.34. The van der Waals surface area contributed by atoms with Gasteiger partial charge in [-0.3, -0.25) is 0 Å². The summed E-state index contributed by atoms with van der Waals surface area (Å²) in [5.74, 6) is -0.662. The van der Waals surface area contributed by atoms with Crippen LogP contribution in [-0.2, 0) is 0 Å². The molecule has 0 aromatic carbocycles. The van der Waals surface area contributed by atoms with Crippen molar-refractivity contribution < 1.29 is 25.5 Å². The molecule has 1 aliphatic carbocycles. The minimum atomic E-state index is -1.87. The van der Waals surface area contributed by atoms with E-state index in [-0.39, 0.29) is 7.43 Å². The second-order valence-electron chi connectivity index (χ2n) is 3.96. The summed E-state index contributed by atoms with van der Waals surface area (Å²) in [6.45, 7) is 2.68. The molecule has 0 heterocycles. The van der Waals surface area contributed by atoms with Crippen LogP contribution in [0.25, 0.3) is 0 Å². The molecule has 0 amide bonds. The molecule has 0 aromatic rings. The van der Waals surface area contributed by atoms with Crippen molar-refractivity contribution in [3.63, 3.8) is 0 Å². The van der Waals surface area contributed by atoms with Gasteiger partial charge < -0.3 is 25.5 Å². The topological polar surface area (TPSA) is 101 Å². The van der Waals surface area contributed by atoms with Gasteiger partial charge in [0, 0.05) is 5.92 Å². The largest absolute Gasteiger partial charge is 0.390 e. The van der Waals surface area contributed by atoms with Gasteiger partial charge in [0.1, 0.15) is 17.8 Å². The van der Waals surface area contributed by atoms with Crippen molar-refractivity contribution in [2.75, 3.05) is 0 Å². The summed E-state index contributed by atoms with van der Waals surface area (Å²) in [4.78, 5) is 0. The van der Waals surface area contributed by atoms with E-state index in [0.717, 1.165) is 0 Å². The molecule has 14 heavy (non-hydrogen) atoms. The standard InChI is InChI=1S/C8H16O5.CH4/c1-3-4(9)6(11)8(2,13)7(12)5(3)10;/h3-7,9-13H,1-2H3;1H4. The Bertz CT molecular complexity index is 176. The normalized spacial score (nSPS) is 53.8. The first kappa shape index (κ1) is 13.8. The van der Waals surface area contributed by atoms with E-state index in [4.69, 9.17) is 0 Å². The maximum atomic E-state index is 9.55. The molecule has 0 aliphatic heterocycles. The Kier molecular flexibility index (Phi) is 4.06. The molecule has 1 rings (SSSR count). The smallest absolute Gasteiger partial charge is 0.119 e. The molecule has 0 spiro atoms. The van der Waals surface area contributed by atoms with Gasteiger partial charge in [-0.1, -0.05) is 14.4 Å². The fraction of sp³-hybridized carbons (Fsp3) is 1.00. The van der Waals surface area contributed by atoms with E-state index in [1.807, 2.05) is 0 Å². The molecule has 86 valence electrons. The molecule has 1 fully saturated rings. The maximum Gasteiger partial charge on any atom is 0.119 e. The minimum Gasteiger partial charge on any atom is -0.390 e. The van der Waals surface area contributed by atoms with E-state index in [1.165, 1.54) is 13.8 Å². The van der Waals surface area contributed by atoms with E-state index >= 15 is 0 Å². The van der Waals surface area contributed by atoms with Crippen molar-refractivity contribution >= 4 is 0 Å². The van der Waals surface area contributed by atoms with Crippen LogP contribution in [0.4, 0.5) is 0 Å². The highest BCUT2D eigenvalue weighted by Gasteiger charge is 2.53. The summed E-state index contributed by atoms with van der Waals surface area (Å²) in [7, 11) is 0. The van der Waals surface area contributed by atoms with Gasteiger partial charge in [0.2, 0.25) is 0 Å². The molecule has 1 saturated carbocycles. The Labute approximate surface area is 83.6 Å². The highest BCUT2D eigenvalue weighted by Crippen LogP contribution is 2.32. The molecule has 1 aliphatic rings. The van der Waals surface area contributed by atoms with Crippen LogP contribution in [0.2, 0.25) is 0 Å². The van der Waals surface area contributed by atoms with E-state index < -0.39 is 35.9 Å². The van der Waals surface area contributed by atoms with Crippen molar-refractivity contribution in [3.05, 3.63) is 0 Å². The molecule has 4 unspecified atom stereocenters. The molecule has 0 bridgehead atoms. The summed E-state index contributed by atoms with van der Waals surface area (Å²) < 4.78 is 0. The lowest BCUT2D eigenvalue weighted by molar-refractivity contribution is -0.244. The molecule has 5 N–H and O–H groups in total. The van der Waals surface area contributed by atoms with E-state index in [1.54, 1.807) is 0 Å². The lowest BCUT2D eigenvalue weighted by Crippen LogP contribution is -2.66. The molecule has 5 nitrogen and oxygen atoms in total. The Morgan fingerprint density at radius 3 is 1.50 bits per heavy atom. The van der Waals surface area contributed by atoms with Gasteiger partial charge in [0.15, 0.2) is 0 Å². The average Bonchev–Trinajstić information content (AvgIpc) is 2.09. The van der Waals surface area contributed by atoms with E-state index in [0.29, 0.717) is 0 Å². The lowest BCUT2D eigenvalue weighted by Gasteiger charge is -2.46. The Morgan fingerprint density at radius 2 is 1.21 bits per heavy atom. The molecule has 0 aromatic heterocycles. The van der Waals surface area contributed by atoms with Gasteiger partial charge in [0.05, 0.1) is 12.2 Å². The lowest BCUT2D eigenvalue weighted by atomic mass is 9.72. The van der Waals surface area contributed by atoms with Gasteiger partial charge in [-0.25, -0.2) is 0 Å². The maximum absolute atomic E-state index is 9.55. The van der Waals surface area contributed by atoms with Gasteiger partial charge in [-0.2, -0.15) is 0 Å². The second-order valence-corrected chi connectivity index (χ2v) is 3.96. The zero-order chi connectivity index (χ0) is 10.4. The zero-order valence-electron chi connectivity index (χ0n) is 7.62. The van der Waals surface area contributed by atoms with Gasteiger partial charge in [-0.05, 0) is 6.92 Å². The van der Waals surface area contributed by atoms with Crippen molar-refractivity contribution in [2.45, 2.75) is 51.3 Å². The van der Waals surface area contributed by atoms with E-state index in [9.17, 15) is 25.5 Å². The van der Waals surface area contributed by atoms with Crippen molar-refractivity contribution in [1.82, 2.24) is 0 Å². The fourth-order valence-corrected chi connectivity index (χ4v) is 1.64. The van der Waals surface area contributed by atoms with Crippen LogP contribution in [0.15, 0.2) is 0 Å². The predicted molar refractivity (Wildman–Crippen MR) is 50.5 cm³/mol. The van der Waals surface area contributed by atoms with Crippen LogP contribution >= 0.6 is 0 Å². The monoisotopic (exact) mass is 208 g/mol. The third-order valence-corrected chi connectivity index (χ3v) is 2.92. The summed E-state index contributed by atoms with van der Waals surface area (Å²) >= 11 is 0. The first-order valence-corrected chi connectivity index (χ1v) is 4.24. The Balaban J connectivity index is 0.00000169. The van der Waals surface area contributed by atoms with Crippen LogP contribution in [-0.4, -0.2) is 55.5 Å². The number of aliphatic hydroxyl groups is 5. The SMILES string of the molecule is C.CC1C(O)C(O)C(C)(O)C(O)C1O. The van der Waals surface area contributed by atoms with Crippen LogP contribution in [0, 0.1) is 5.92 Å². The van der Waals surface area contributed by atoms with E-state index in [2.05, 4.69) is 0 Å². The molecule has 4 atom stereocenters. The summed E-state index contributed by atoms with van der Waals surface area (Å²) in [5.41, 5.74) is -1.87. The van der Waals surface area contributed by atoms with Gasteiger partial charge >= 0.3 is 0 Å². The minimum absolute atomic E-state index is 0. The van der Waals surface area contributed by atoms with Crippen LogP contribution in [0.3, 0.4) is 0 Å². The van der Waals surface area contributed by atoms with Crippen molar-refractivity contribution in [2.24, 2.45) is 5.92 Å². The number of aliphatic hydroxyl groups excluding tert-OH is 4. The number of rotatable bonds is 0. The quantitative estimate of drug-likeness (QED) is 0.332. The molecular weight excluding hydrogens is 188 g/mol. The predicted octanol–water partition coefficient (Wildman–Crippen LogP) is -1.53. The summed E-state index contributed by atoms with van der Waals surface area (Å²) in [5, 5.41) is 47.1. The Hall–Kier alpha value is -0.200. The van der Waals surface area contributed by atoms with Crippen molar-refractivity contribution in [3.8, 4) is 0 Å². The van der Waals surface area contributed by atoms with Crippen LogP contribution in [0.5, 0.6) is 0 Å².